The van der Waals surface area contributed by atoms with E-state index in [0.29, 0.717) is 0 Å². The molecule has 6 amide bonds. The molecule has 0 radical (unpaired) electrons. The van der Waals surface area contributed by atoms with Gasteiger partial charge in [-0.3, -0.25) is 24.6 Å². The van der Waals surface area contributed by atoms with Crippen molar-refractivity contribution in [3.05, 3.63) is 0 Å². The van der Waals surface area contributed by atoms with Gasteiger partial charge in [0.2, 0.25) is 0 Å². The SMILES string of the molecule is CC(C)NC(=O)NC(=O)[C@@H](C)OC(=O)CN1C(=O)N[C@](C)(C2CC2)C1=O. The molecule has 0 aromatic carbocycles. The fraction of sp³-hybridized carbons (Fsp3) is 0.688. The van der Waals surface area contributed by atoms with E-state index in [1.807, 2.05) is 5.32 Å². The molecule has 1 heterocycles. The molecule has 0 aromatic heterocycles. The molecule has 10 nitrogen and oxygen atoms in total. The molecule has 144 valence electrons. The summed E-state index contributed by atoms with van der Waals surface area (Å²) >= 11 is 0. The van der Waals surface area contributed by atoms with Crippen LogP contribution in [0.15, 0.2) is 0 Å². The minimum absolute atomic E-state index is 0.0733. The van der Waals surface area contributed by atoms with Crippen LogP contribution in [0.25, 0.3) is 0 Å². The van der Waals surface area contributed by atoms with E-state index in [9.17, 15) is 24.0 Å². The largest absolute Gasteiger partial charge is 0.451 e. The number of ether oxygens (including phenoxy) is 1. The van der Waals surface area contributed by atoms with E-state index in [-0.39, 0.29) is 12.0 Å². The van der Waals surface area contributed by atoms with Crippen LogP contribution in [-0.2, 0) is 19.1 Å². The van der Waals surface area contributed by atoms with Crippen LogP contribution in [0.1, 0.15) is 40.5 Å². The van der Waals surface area contributed by atoms with E-state index >= 15 is 0 Å². The molecule has 26 heavy (non-hydrogen) atoms. The highest BCUT2D eigenvalue weighted by Crippen LogP contribution is 2.42. The fourth-order valence-corrected chi connectivity index (χ4v) is 2.73. The van der Waals surface area contributed by atoms with Gasteiger partial charge in [0, 0.05) is 6.04 Å². The van der Waals surface area contributed by atoms with Crippen LogP contribution < -0.4 is 16.0 Å². The maximum atomic E-state index is 12.4. The monoisotopic (exact) mass is 368 g/mol. The van der Waals surface area contributed by atoms with Crippen LogP contribution in [-0.4, -0.2) is 59.0 Å². The molecular formula is C16H24N4O6. The van der Waals surface area contributed by atoms with Gasteiger partial charge in [-0.25, -0.2) is 9.59 Å². The number of hydrogen-bond acceptors (Lipinski definition) is 6. The first kappa shape index (κ1) is 19.7. The molecule has 1 aliphatic carbocycles. The van der Waals surface area contributed by atoms with Gasteiger partial charge in [-0.2, -0.15) is 0 Å². The van der Waals surface area contributed by atoms with Crippen molar-refractivity contribution >= 4 is 29.8 Å². The molecule has 1 saturated heterocycles. The highest BCUT2D eigenvalue weighted by Gasteiger charge is 2.56. The van der Waals surface area contributed by atoms with Gasteiger partial charge in [0.25, 0.3) is 11.8 Å². The van der Waals surface area contributed by atoms with E-state index in [1.54, 1.807) is 20.8 Å². The zero-order valence-corrected chi connectivity index (χ0v) is 15.3. The van der Waals surface area contributed by atoms with Crippen molar-refractivity contribution in [2.45, 2.75) is 58.2 Å². The number of imide groups is 2. The third kappa shape index (κ3) is 4.30. The van der Waals surface area contributed by atoms with Gasteiger partial charge in [-0.15, -0.1) is 0 Å². The minimum atomic E-state index is -1.25. The summed E-state index contributed by atoms with van der Waals surface area (Å²) in [5, 5.41) is 7.11. The van der Waals surface area contributed by atoms with Gasteiger partial charge in [-0.1, -0.05) is 0 Å². The van der Waals surface area contributed by atoms with E-state index in [1.165, 1.54) is 6.92 Å². The highest BCUT2D eigenvalue weighted by atomic mass is 16.5. The Hall–Kier alpha value is -2.65. The second-order valence-corrected chi connectivity index (χ2v) is 7.05. The average molecular weight is 368 g/mol. The van der Waals surface area contributed by atoms with E-state index in [4.69, 9.17) is 4.74 Å². The zero-order valence-electron chi connectivity index (χ0n) is 15.3. The summed E-state index contributed by atoms with van der Waals surface area (Å²) in [6.45, 7) is 5.78. The van der Waals surface area contributed by atoms with Crippen molar-refractivity contribution in [1.29, 1.82) is 0 Å². The number of carbonyl (C=O) groups excluding carboxylic acids is 5. The molecule has 0 aromatic rings. The average Bonchev–Trinajstić information content (AvgIpc) is 3.32. The van der Waals surface area contributed by atoms with Crippen LogP contribution in [0.4, 0.5) is 9.59 Å². The predicted octanol–water partition coefficient (Wildman–Crippen LogP) is -0.127. The number of nitrogens with zero attached hydrogens (tertiary/aromatic N) is 1. The number of urea groups is 2. The van der Waals surface area contributed by atoms with Crippen LogP contribution >= 0.6 is 0 Å². The molecule has 1 aliphatic heterocycles. The lowest BCUT2D eigenvalue weighted by atomic mass is 9.96. The number of carbonyl (C=O) groups is 5. The normalized spacial score (nSPS) is 23.5. The molecule has 2 rings (SSSR count). The number of rotatable bonds is 6. The molecule has 2 fully saturated rings. The van der Waals surface area contributed by atoms with E-state index < -0.39 is 48.0 Å². The number of nitrogens with one attached hydrogen (secondary N) is 3. The number of esters is 1. The van der Waals surface area contributed by atoms with Crippen molar-refractivity contribution in [3.8, 4) is 0 Å². The third-order valence-corrected chi connectivity index (χ3v) is 4.32. The maximum absolute atomic E-state index is 12.4. The quantitative estimate of drug-likeness (QED) is 0.442. The smallest absolute Gasteiger partial charge is 0.327 e. The van der Waals surface area contributed by atoms with E-state index in [2.05, 4.69) is 10.6 Å². The Morgan fingerprint density at radius 1 is 1.27 bits per heavy atom. The topological polar surface area (TPSA) is 134 Å². The standard InChI is InChI=1S/C16H24N4O6/c1-8(2)17-14(24)18-12(22)9(3)26-11(21)7-20-13(23)16(4,10-5-6-10)19-15(20)25/h8-10H,5-7H2,1-4H3,(H,19,25)(H2,17,18,22,24)/t9-,16-/m1/s1. The van der Waals surface area contributed by atoms with Gasteiger partial charge in [0.05, 0.1) is 0 Å². The maximum Gasteiger partial charge on any atom is 0.327 e. The Bertz CT molecular complexity index is 645. The first-order chi connectivity index (χ1) is 12.0. The summed E-state index contributed by atoms with van der Waals surface area (Å²) in [6.07, 6.45) is 0.434. The third-order valence-electron chi connectivity index (χ3n) is 4.32. The summed E-state index contributed by atoms with van der Waals surface area (Å²) in [6, 6.07) is -1.53. The van der Waals surface area contributed by atoms with Gasteiger partial charge in [0.1, 0.15) is 12.1 Å². The fourth-order valence-electron chi connectivity index (χ4n) is 2.73. The lowest BCUT2D eigenvalue weighted by Crippen LogP contribution is -2.48. The molecule has 2 aliphatic rings. The van der Waals surface area contributed by atoms with Crippen molar-refractivity contribution in [2.24, 2.45) is 5.92 Å². The van der Waals surface area contributed by atoms with Crippen LogP contribution in [0.3, 0.4) is 0 Å². The first-order valence-electron chi connectivity index (χ1n) is 8.49. The van der Waals surface area contributed by atoms with Crippen LogP contribution in [0, 0.1) is 5.92 Å². The summed E-state index contributed by atoms with van der Waals surface area (Å²) in [7, 11) is 0. The van der Waals surface area contributed by atoms with E-state index in [0.717, 1.165) is 17.7 Å². The first-order valence-corrected chi connectivity index (χ1v) is 8.49. The molecule has 3 N–H and O–H groups in total. The Balaban J connectivity index is 1.86. The van der Waals surface area contributed by atoms with Crippen molar-refractivity contribution < 1.29 is 28.7 Å². The molecule has 0 bridgehead atoms. The lowest BCUT2D eigenvalue weighted by molar-refractivity contribution is -0.156. The molecule has 2 atom stereocenters. The second-order valence-electron chi connectivity index (χ2n) is 7.05. The van der Waals surface area contributed by atoms with Crippen molar-refractivity contribution in [3.63, 3.8) is 0 Å². The summed E-state index contributed by atoms with van der Waals surface area (Å²) in [5.74, 6) is -2.13. The van der Waals surface area contributed by atoms with Crippen molar-refractivity contribution in [1.82, 2.24) is 20.9 Å². The van der Waals surface area contributed by atoms with Gasteiger partial charge < -0.3 is 15.4 Å². The Morgan fingerprint density at radius 3 is 2.42 bits per heavy atom. The molecule has 10 heteroatoms. The number of hydrogen-bond donors (Lipinski definition) is 3. The predicted molar refractivity (Wildman–Crippen MR) is 88.7 cm³/mol. The van der Waals surface area contributed by atoms with Gasteiger partial charge in [0.15, 0.2) is 6.10 Å². The molecular weight excluding hydrogens is 344 g/mol. The summed E-state index contributed by atoms with van der Waals surface area (Å²) in [5.41, 5.74) is -0.991. The Labute approximate surface area is 151 Å². The summed E-state index contributed by atoms with van der Waals surface area (Å²) < 4.78 is 4.92. The lowest BCUT2D eigenvalue weighted by Gasteiger charge is -2.21. The molecule has 0 spiro atoms. The van der Waals surface area contributed by atoms with Gasteiger partial charge >= 0.3 is 18.0 Å². The molecule has 1 saturated carbocycles. The number of amides is 6. The summed E-state index contributed by atoms with van der Waals surface area (Å²) in [4.78, 5) is 60.5. The Morgan fingerprint density at radius 2 is 1.88 bits per heavy atom. The Kier molecular flexibility index (Phi) is 5.53. The highest BCUT2D eigenvalue weighted by molar-refractivity contribution is 6.09. The minimum Gasteiger partial charge on any atom is -0.451 e. The van der Waals surface area contributed by atoms with Gasteiger partial charge in [-0.05, 0) is 46.5 Å². The van der Waals surface area contributed by atoms with Crippen LogP contribution in [0.2, 0.25) is 0 Å². The van der Waals surface area contributed by atoms with Crippen molar-refractivity contribution in [2.75, 3.05) is 6.54 Å². The zero-order chi connectivity index (χ0) is 19.6. The van der Waals surface area contributed by atoms with Crippen LogP contribution in [0.5, 0.6) is 0 Å². The second kappa shape index (κ2) is 7.30. The molecule has 0 unspecified atom stereocenters.